The topological polar surface area (TPSA) is 24.5 Å². The van der Waals surface area contributed by atoms with Crippen LogP contribution in [0.15, 0.2) is 18.2 Å². The van der Waals surface area contributed by atoms with Gasteiger partial charge in [-0.1, -0.05) is 13.8 Å². The molecule has 0 amide bonds. The smallest absolute Gasteiger partial charge is 0.123 e. The average molecular weight is 280 g/mol. The zero-order chi connectivity index (χ0) is 14.4. The number of benzene rings is 1. The monoisotopic (exact) mass is 280 g/mol. The maximum atomic E-state index is 13.5. The van der Waals surface area contributed by atoms with E-state index in [1.165, 1.54) is 0 Å². The van der Waals surface area contributed by atoms with Crippen molar-refractivity contribution >= 4 is 5.69 Å². The molecule has 4 heteroatoms. The minimum absolute atomic E-state index is 0.166. The molecule has 112 valence electrons. The third-order valence-electron chi connectivity index (χ3n) is 3.47. The molecular weight excluding hydrogens is 255 g/mol. The van der Waals surface area contributed by atoms with Crippen molar-refractivity contribution in [2.24, 2.45) is 5.92 Å². The van der Waals surface area contributed by atoms with E-state index in [1.807, 2.05) is 6.07 Å². The molecule has 1 N–H and O–H groups in total. The Balaban J connectivity index is 2.09. The van der Waals surface area contributed by atoms with Gasteiger partial charge in [-0.15, -0.1) is 0 Å². The number of nitrogens with zero attached hydrogens (tertiary/aromatic N) is 1. The standard InChI is InChI=1S/C16H25FN2O/c1-13(2)11-18-12-14-10-15(17)4-5-16(14)19-6-3-8-20-9-7-19/h4-5,10,13,18H,3,6-9,11-12H2,1-2H3. The van der Waals surface area contributed by atoms with Crippen LogP contribution in [0.4, 0.5) is 10.1 Å². The van der Waals surface area contributed by atoms with Crippen LogP contribution in [0.1, 0.15) is 25.8 Å². The van der Waals surface area contributed by atoms with Gasteiger partial charge in [-0.2, -0.15) is 0 Å². The summed E-state index contributed by atoms with van der Waals surface area (Å²) >= 11 is 0. The number of hydrogen-bond donors (Lipinski definition) is 1. The molecular formula is C16H25FN2O. The Hall–Kier alpha value is -1.13. The number of rotatable bonds is 5. The van der Waals surface area contributed by atoms with Gasteiger partial charge in [0.25, 0.3) is 0 Å². The molecule has 0 aromatic heterocycles. The highest BCUT2D eigenvalue weighted by Gasteiger charge is 2.14. The van der Waals surface area contributed by atoms with Crippen molar-refractivity contribution in [2.75, 3.05) is 37.7 Å². The van der Waals surface area contributed by atoms with Crippen LogP contribution in [0.25, 0.3) is 0 Å². The average Bonchev–Trinajstić information content (AvgIpc) is 2.67. The Kier molecular flexibility index (Phi) is 5.80. The Bertz CT molecular complexity index is 415. The van der Waals surface area contributed by atoms with E-state index >= 15 is 0 Å². The lowest BCUT2D eigenvalue weighted by atomic mass is 10.1. The van der Waals surface area contributed by atoms with Crippen LogP contribution in [0.3, 0.4) is 0 Å². The molecule has 1 fully saturated rings. The number of nitrogens with one attached hydrogen (secondary N) is 1. The quantitative estimate of drug-likeness (QED) is 0.897. The first-order valence-corrected chi connectivity index (χ1v) is 7.48. The van der Waals surface area contributed by atoms with E-state index in [2.05, 4.69) is 24.1 Å². The second-order valence-electron chi connectivity index (χ2n) is 5.75. The number of halogens is 1. The van der Waals surface area contributed by atoms with E-state index in [4.69, 9.17) is 4.74 Å². The summed E-state index contributed by atoms with van der Waals surface area (Å²) in [5.41, 5.74) is 2.17. The molecule has 0 bridgehead atoms. The zero-order valence-electron chi connectivity index (χ0n) is 12.5. The minimum atomic E-state index is -0.166. The predicted molar refractivity (Wildman–Crippen MR) is 80.6 cm³/mol. The summed E-state index contributed by atoms with van der Waals surface area (Å²) in [6.45, 7) is 9.42. The van der Waals surface area contributed by atoms with Gasteiger partial charge in [0.2, 0.25) is 0 Å². The molecule has 1 aliphatic rings. The second-order valence-corrected chi connectivity index (χ2v) is 5.75. The van der Waals surface area contributed by atoms with E-state index in [-0.39, 0.29) is 5.82 Å². The van der Waals surface area contributed by atoms with Crippen molar-refractivity contribution in [1.82, 2.24) is 5.32 Å². The molecule has 20 heavy (non-hydrogen) atoms. The molecule has 0 unspecified atom stereocenters. The van der Waals surface area contributed by atoms with Crippen molar-refractivity contribution in [1.29, 1.82) is 0 Å². The minimum Gasteiger partial charge on any atom is -0.380 e. The van der Waals surface area contributed by atoms with Crippen LogP contribution in [-0.4, -0.2) is 32.8 Å². The molecule has 0 atom stereocenters. The second kappa shape index (κ2) is 7.60. The predicted octanol–water partition coefficient (Wildman–Crippen LogP) is 2.80. The van der Waals surface area contributed by atoms with E-state index in [1.54, 1.807) is 12.1 Å². The third-order valence-corrected chi connectivity index (χ3v) is 3.47. The van der Waals surface area contributed by atoms with Crippen molar-refractivity contribution in [2.45, 2.75) is 26.8 Å². The molecule has 1 aliphatic heterocycles. The Labute approximate surface area is 121 Å². The molecule has 0 saturated carbocycles. The fraction of sp³-hybridized carbons (Fsp3) is 0.625. The van der Waals surface area contributed by atoms with E-state index in [0.29, 0.717) is 12.5 Å². The van der Waals surface area contributed by atoms with Gasteiger partial charge < -0.3 is 15.0 Å². The van der Waals surface area contributed by atoms with E-state index < -0.39 is 0 Å². The largest absolute Gasteiger partial charge is 0.380 e. The van der Waals surface area contributed by atoms with Crippen LogP contribution in [-0.2, 0) is 11.3 Å². The normalized spacial score (nSPS) is 16.5. The lowest BCUT2D eigenvalue weighted by molar-refractivity contribution is 0.152. The van der Waals surface area contributed by atoms with Crippen molar-refractivity contribution in [3.05, 3.63) is 29.6 Å². The third kappa shape index (κ3) is 4.46. The summed E-state index contributed by atoms with van der Waals surface area (Å²) in [7, 11) is 0. The summed E-state index contributed by atoms with van der Waals surface area (Å²) in [6, 6.07) is 5.09. The van der Waals surface area contributed by atoms with Crippen molar-refractivity contribution in [3.63, 3.8) is 0 Å². The highest BCUT2D eigenvalue weighted by Crippen LogP contribution is 2.23. The summed E-state index contributed by atoms with van der Waals surface area (Å²) in [4.78, 5) is 2.30. The first-order valence-electron chi connectivity index (χ1n) is 7.48. The van der Waals surface area contributed by atoms with Gasteiger partial charge in [-0.25, -0.2) is 4.39 Å². The summed E-state index contributed by atoms with van der Waals surface area (Å²) < 4.78 is 19.0. The molecule has 0 aliphatic carbocycles. The molecule has 0 radical (unpaired) electrons. The first-order chi connectivity index (χ1) is 9.66. The SMILES string of the molecule is CC(C)CNCc1cc(F)ccc1N1CCCOCC1. The zero-order valence-corrected chi connectivity index (χ0v) is 12.5. The Morgan fingerprint density at radius 1 is 1.30 bits per heavy atom. The van der Waals surface area contributed by atoms with E-state index in [9.17, 15) is 4.39 Å². The lowest BCUT2D eigenvalue weighted by Crippen LogP contribution is -2.28. The lowest BCUT2D eigenvalue weighted by Gasteiger charge is -2.25. The molecule has 1 aromatic carbocycles. The van der Waals surface area contributed by atoms with Crippen LogP contribution in [0, 0.1) is 11.7 Å². The van der Waals surface area contributed by atoms with Gasteiger partial charge in [-0.3, -0.25) is 0 Å². The van der Waals surface area contributed by atoms with Crippen LogP contribution in [0.2, 0.25) is 0 Å². The van der Waals surface area contributed by atoms with Crippen LogP contribution < -0.4 is 10.2 Å². The fourth-order valence-electron chi connectivity index (χ4n) is 2.49. The van der Waals surface area contributed by atoms with Crippen molar-refractivity contribution < 1.29 is 9.13 Å². The first kappa shape index (κ1) is 15.3. The molecule has 1 saturated heterocycles. The molecule has 0 spiro atoms. The van der Waals surface area contributed by atoms with Crippen molar-refractivity contribution in [3.8, 4) is 0 Å². The maximum absolute atomic E-state index is 13.5. The molecule has 3 nitrogen and oxygen atoms in total. The van der Waals surface area contributed by atoms with Crippen LogP contribution in [0.5, 0.6) is 0 Å². The van der Waals surface area contributed by atoms with Crippen LogP contribution >= 0.6 is 0 Å². The van der Waals surface area contributed by atoms with Gasteiger partial charge in [0, 0.05) is 31.9 Å². The Morgan fingerprint density at radius 3 is 2.95 bits per heavy atom. The Morgan fingerprint density at radius 2 is 2.15 bits per heavy atom. The fourth-order valence-corrected chi connectivity index (χ4v) is 2.49. The molecule has 2 rings (SSSR count). The number of anilines is 1. The summed E-state index contributed by atoms with van der Waals surface area (Å²) in [5.74, 6) is 0.430. The maximum Gasteiger partial charge on any atom is 0.123 e. The van der Waals surface area contributed by atoms with Gasteiger partial charge in [0.1, 0.15) is 5.82 Å². The number of ether oxygens (including phenoxy) is 1. The molecule has 1 heterocycles. The van der Waals surface area contributed by atoms with Gasteiger partial charge >= 0.3 is 0 Å². The summed E-state index contributed by atoms with van der Waals surface area (Å²) in [5, 5.41) is 3.40. The van der Waals surface area contributed by atoms with Gasteiger partial charge in [-0.05, 0) is 42.6 Å². The highest BCUT2D eigenvalue weighted by atomic mass is 19.1. The van der Waals surface area contributed by atoms with E-state index in [0.717, 1.165) is 50.5 Å². The highest BCUT2D eigenvalue weighted by molar-refractivity contribution is 5.54. The van der Waals surface area contributed by atoms with Gasteiger partial charge in [0.05, 0.1) is 6.61 Å². The number of hydrogen-bond acceptors (Lipinski definition) is 3. The summed E-state index contributed by atoms with van der Waals surface area (Å²) in [6.07, 6.45) is 1.02. The molecule has 1 aromatic rings. The van der Waals surface area contributed by atoms with Gasteiger partial charge in [0.15, 0.2) is 0 Å².